The molecule has 4 aromatic rings. The quantitative estimate of drug-likeness (QED) is 0.277. The van der Waals surface area contributed by atoms with E-state index in [2.05, 4.69) is 11.3 Å². The third-order valence-corrected chi connectivity index (χ3v) is 7.51. The molecule has 0 unspecified atom stereocenters. The number of thioether (sulfide) groups is 1. The Morgan fingerprint density at radius 1 is 0.967 bits per heavy atom. The second-order valence-electron chi connectivity index (χ2n) is 7.06. The summed E-state index contributed by atoms with van der Waals surface area (Å²) in [4.78, 5) is 1.10. The van der Waals surface area contributed by atoms with Crippen LogP contribution < -0.4 is 4.72 Å². The van der Waals surface area contributed by atoms with Crippen molar-refractivity contribution >= 4 is 49.0 Å². The van der Waals surface area contributed by atoms with Crippen LogP contribution in [0.5, 0.6) is 0 Å². The molecule has 152 valence electrons. The van der Waals surface area contributed by atoms with Gasteiger partial charge in [-0.25, -0.2) is 8.42 Å². The Kier molecular flexibility index (Phi) is 5.45. The molecular weight excluding hydrogens is 414 g/mol. The van der Waals surface area contributed by atoms with E-state index in [1.54, 1.807) is 12.1 Å². The van der Waals surface area contributed by atoms with Crippen LogP contribution in [0.1, 0.15) is 5.56 Å². The third kappa shape index (κ3) is 4.01. The number of hydrogen-bond acceptors (Lipinski definition) is 4. The summed E-state index contributed by atoms with van der Waals surface area (Å²) >= 11 is 1.42. The minimum absolute atomic E-state index is 0.0749. The highest BCUT2D eigenvalue weighted by Crippen LogP contribution is 2.36. The molecule has 0 spiro atoms. The topological polar surface area (TPSA) is 66.4 Å². The molecule has 30 heavy (non-hydrogen) atoms. The molecule has 0 saturated carbocycles. The van der Waals surface area contributed by atoms with Crippen LogP contribution in [0.4, 0.5) is 5.69 Å². The van der Waals surface area contributed by atoms with Gasteiger partial charge in [-0.1, -0.05) is 61.2 Å². The zero-order valence-corrected chi connectivity index (χ0v) is 18.1. The van der Waals surface area contributed by atoms with Gasteiger partial charge in [0.05, 0.1) is 22.1 Å². The molecule has 6 heteroatoms. The molecule has 0 aromatic heterocycles. The number of fused-ring (bicyclic) bond motifs is 2. The molecule has 4 rings (SSSR count). The molecule has 0 aliphatic rings. The molecule has 0 amide bonds. The van der Waals surface area contributed by atoms with Gasteiger partial charge in [0.25, 0.3) is 10.0 Å². The first kappa shape index (κ1) is 20.3. The van der Waals surface area contributed by atoms with E-state index in [0.717, 1.165) is 32.0 Å². The van der Waals surface area contributed by atoms with E-state index in [0.29, 0.717) is 11.4 Å². The van der Waals surface area contributed by atoms with E-state index < -0.39 is 10.0 Å². The maximum absolute atomic E-state index is 13.2. The molecule has 0 fully saturated rings. The molecule has 2 N–H and O–H groups in total. The monoisotopic (exact) mass is 435 g/mol. The van der Waals surface area contributed by atoms with Crippen molar-refractivity contribution in [2.75, 3.05) is 10.5 Å². The number of benzene rings is 4. The predicted molar refractivity (Wildman–Crippen MR) is 126 cm³/mol. The molecule has 4 aromatic carbocycles. The van der Waals surface area contributed by atoms with Gasteiger partial charge in [0.15, 0.2) is 0 Å². The zero-order chi connectivity index (χ0) is 21.3. The van der Waals surface area contributed by atoms with Crippen LogP contribution in [0.3, 0.4) is 0 Å². The van der Waals surface area contributed by atoms with Crippen molar-refractivity contribution in [1.82, 2.24) is 0 Å². The van der Waals surface area contributed by atoms with Crippen LogP contribution in [0, 0.1) is 6.92 Å². The summed E-state index contributed by atoms with van der Waals surface area (Å²) in [6.45, 7) is 5.52. The Morgan fingerprint density at radius 2 is 1.63 bits per heavy atom. The highest BCUT2D eigenvalue weighted by molar-refractivity contribution is 7.99. The fourth-order valence-corrected chi connectivity index (χ4v) is 5.38. The number of sulfonamides is 1. The smallest absolute Gasteiger partial charge is 0.261 e. The van der Waals surface area contributed by atoms with Gasteiger partial charge in [-0.15, -0.1) is 11.8 Å². The summed E-state index contributed by atoms with van der Waals surface area (Å²) in [6, 6.07) is 22.3. The number of rotatable bonds is 6. The summed E-state index contributed by atoms with van der Waals surface area (Å²) in [6.07, 6.45) is 0. The van der Waals surface area contributed by atoms with Crippen LogP contribution in [0.25, 0.3) is 21.5 Å². The molecule has 0 aliphatic carbocycles. The summed E-state index contributed by atoms with van der Waals surface area (Å²) in [5.74, 6) is 0.418. The Morgan fingerprint density at radius 3 is 2.37 bits per heavy atom. The first-order valence-electron chi connectivity index (χ1n) is 9.39. The van der Waals surface area contributed by atoms with E-state index in [1.165, 1.54) is 11.8 Å². The summed E-state index contributed by atoms with van der Waals surface area (Å²) in [5.41, 5.74) is 1.54. The summed E-state index contributed by atoms with van der Waals surface area (Å²) < 4.78 is 29.1. The van der Waals surface area contributed by atoms with Gasteiger partial charge in [-0.2, -0.15) is 0 Å². The van der Waals surface area contributed by atoms with Gasteiger partial charge in [-0.3, -0.25) is 4.72 Å². The lowest BCUT2D eigenvalue weighted by molar-refractivity contribution is 0.420. The van der Waals surface area contributed by atoms with E-state index in [9.17, 15) is 13.5 Å². The van der Waals surface area contributed by atoms with E-state index in [4.69, 9.17) is 0 Å². The number of aryl methyl sites for hydroxylation is 1. The van der Waals surface area contributed by atoms with E-state index in [1.807, 2.05) is 67.6 Å². The van der Waals surface area contributed by atoms with Crippen LogP contribution in [-0.2, 0) is 10.0 Å². The summed E-state index contributed by atoms with van der Waals surface area (Å²) in [7, 11) is -3.78. The van der Waals surface area contributed by atoms with Gasteiger partial charge >= 0.3 is 0 Å². The first-order valence-corrected chi connectivity index (χ1v) is 11.9. The predicted octanol–water partition coefficient (Wildman–Crippen LogP) is 6.27. The SMILES string of the molecule is C=C(O)CSc1cc(NS(=O)(=O)c2ccc3ccccc3c2)c2ccccc2c1C. The minimum Gasteiger partial charge on any atom is -0.512 e. The second kappa shape index (κ2) is 8.05. The van der Waals surface area contributed by atoms with Crippen molar-refractivity contribution in [2.24, 2.45) is 0 Å². The molecule has 0 radical (unpaired) electrons. The van der Waals surface area contributed by atoms with Crippen LogP contribution in [0.2, 0.25) is 0 Å². The lowest BCUT2D eigenvalue weighted by atomic mass is 10.0. The lowest BCUT2D eigenvalue weighted by Gasteiger charge is -2.16. The average molecular weight is 436 g/mol. The highest BCUT2D eigenvalue weighted by atomic mass is 32.2. The van der Waals surface area contributed by atoms with E-state index in [-0.39, 0.29) is 10.7 Å². The van der Waals surface area contributed by atoms with Crippen LogP contribution in [-0.4, -0.2) is 19.3 Å². The van der Waals surface area contributed by atoms with Gasteiger partial charge < -0.3 is 5.11 Å². The molecular formula is C24H21NO3S2. The molecule has 0 aliphatic heterocycles. The summed E-state index contributed by atoms with van der Waals surface area (Å²) in [5, 5.41) is 13.1. The van der Waals surface area contributed by atoms with Crippen molar-refractivity contribution in [3.63, 3.8) is 0 Å². The zero-order valence-electron chi connectivity index (χ0n) is 16.4. The number of hydrogen-bond donors (Lipinski definition) is 2. The van der Waals surface area contributed by atoms with Crippen LogP contribution in [0.15, 0.2) is 94.9 Å². The molecule has 4 nitrogen and oxygen atoms in total. The Bertz CT molecular complexity index is 1380. The maximum atomic E-state index is 13.2. The number of aliphatic hydroxyl groups excluding tert-OH is 1. The van der Waals surface area contributed by atoms with Crippen molar-refractivity contribution in [2.45, 2.75) is 16.7 Å². The van der Waals surface area contributed by atoms with E-state index >= 15 is 0 Å². The fraction of sp³-hybridized carbons (Fsp3) is 0.0833. The standard InChI is InChI=1S/C24H21NO3S2/c1-16(26)15-29-24-14-23(22-10-6-5-9-21(22)17(24)2)25-30(27,28)20-12-11-18-7-3-4-8-19(18)13-20/h3-14,25-26H,1,15H2,2H3. The Hall–Kier alpha value is -2.96. The maximum Gasteiger partial charge on any atom is 0.261 e. The largest absolute Gasteiger partial charge is 0.512 e. The van der Waals surface area contributed by atoms with Gasteiger partial charge in [0.1, 0.15) is 0 Å². The van der Waals surface area contributed by atoms with Gasteiger partial charge in [0, 0.05) is 10.3 Å². The molecule has 0 saturated heterocycles. The van der Waals surface area contributed by atoms with Crippen molar-refractivity contribution in [3.05, 3.63) is 90.7 Å². The average Bonchev–Trinajstić information content (AvgIpc) is 2.74. The first-order chi connectivity index (χ1) is 14.3. The highest BCUT2D eigenvalue weighted by Gasteiger charge is 2.18. The number of aliphatic hydroxyl groups is 1. The van der Waals surface area contributed by atoms with Crippen molar-refractivity contribution < 1.29 is 13.5 Å². The molecule has 0 heterocycles. The fourth-order valence-electron chi connectivity index (χ4n) is 3.43. The molecule has 0 bridgehead atoms. The Labute approximate surface area is 180 Å². The van der Waals surface area contributed by atoms with Crippen LogP contribution >= 0.6 is 11.8 Å². The normalized spacial score (nSPS) is 11.6. The lowest BCUT2D eigenvalue weighted by Crippen LogP contribution is -2.13. The molecule has 0 atom stereocenters. The van der Waals surface area contributed by atoms with Crippen molar-refractivity contribution in [3.8, 4) is 0 Å². The van der Waals surface area contributed by atoms with Gasteiger partial charge in [-0.05, 0) is 46.8 Å². The second-order valence-corrected chi connectivity index (χ2v) is 9.76. The number of nitrogens with one attached hydrogen (secondary N) is 1. The third-order valence-electron chi connectivity index (χ3n) is 4.94. The minimum atomic E-state index is -3.78. The Balaban J connectivity index is 1.79. The number of anilines is 1. The van der Waals surface area contributed by atoms with Crippen molar-refractivity contribution in [1.29, 1.82) is 0 Å². The van der Waals surface area contributed by atoms with Gasteiger partial charge in [0.2, 0.25) is 0 Å².